The van der Waals surface area contributed by atoms with Crippen LogP contribution < -0.4 is 0 Å². The maximum Gasteiger partial charge on any atom is 0.410 e. The lowest BCUT2D eigenvalue weighted by molar-refractivity contribution is -0.0962. The van der Waals surface area contributed by atoms with Crippen molar-refractivity contribution in [2.75, 3.05) is 19.7 Å². The SMILES string of the molecule is Cc1ccc(S(=O)(=O)OC[C@H](C)OC2CN(C(=O)OC(C)(C)C)C2)cc1. The summed E-state index contributed by atoms with van der Waals surface area (Å²) in [6.07, 6.45) is -0.938. The number of benzene rings is 1. The summed E-state index contributed by atoms with van der Waals surface area (Å²) in [5, 5.41) is 0. The molecule has 0 unspecified atom stereocenters. The van der Waals surface area contributed by atoms with Gasteiger partial charge in [-0.25, -0.2) is 4.79 Å². The van der Waals surface area contributed by atoms with Crippen molar-refractivity contribution < 1.29 is 26.9 Å². The fourth-order valence-electron chi connectivity index (χ4n) is 2.33. The molecule has 1 aliphatic heterocycles. The van der Waals surface area contributed by atoms with Crippen molar-refractivity contribution in [1.29, 1.82) is 0 Å². The highest BCUT2D eigenvalue weighted by atomic mass is 32.2. The predicted octanol–water partition coefficient (Wildman–Crippen LogP) is 2.72. The summed E-state index contributed by atoms with van der Waals surface area (Å²) >= 11 is 0. The molecule has 26 heavy (non-hydrogen) atoms. The van der Waals surface area contributed by atoms with E-state index in [0.29, 0.717) is 13.1 Å². The summed E-state index contributed by atoms with van der Waals surface area (Å²) in [5.41, 5.74) is 0.439. The second-order valence-corrected chi connectivity index (χ2v) is 9.12. The Balaban J connectivity index is 1.74. The Bertz CT molecular complexity index is 717. The van der Waals surface area contributed by atoms with Gasteiger partial charge in [0.25, 0.3) is 10.1 Å². The van der Waals surface area contributed by atoms with E-state index < -0.39 is 21.8 Å². The van der Waals surface area contributed by atoms with Crippen molar-refractivity contribution in [1.82, 2.24) is 4.90 Å². The first-order valence-electron chi connectivity index (χ1n) is 8.56. The molecule has 0 N–H and O–H groups in total. The predicted molar refractivity (Wildman–Crippen MR) is 96.5 cm³/mol. The van der Waals surface area contributed by atoms with Crippen LogP contribution in [0.1, 0.15) is 33.3 Å². The van der Waals surface area contributed by atoms with E-state index in [0.717, 1.165) is 5.56 Å². The number of rotatable bonds is 6. The molecule has 0 aromatic heterocycles. The summed E-state index contributed by atoms with van der Waals surface area (Å²) in [7, 11) is -3.81. The van der Waals surface area contributed by atoms with Crippen LogP contribution in [0.2, 0.25) is 0 Å². The quantitative estimate of drug-likeness (QED) is 0.700. The van der Waals surface area contributed by atoms with E-state index in [-0.39, 0.29) is 23.7 Å². The number of nitrogens with zero attached hydrogens (tertiary/aromatic N) is 1. The molecule has 8 heteroatoms. The third-order valence-electron chi connectivity index (χ3n) is 3.69. The van der Waals surface area contributed by atoms with Crippen LogP contribution in [0, 0.1) is 6.92 Å². The highest BCUT2D eigenvalue weighted by Gasteiger charge is 2.35. The molecule has 1 fully saturated rings. The average Bonchev–Trinajstić information content (AvgIpc) is 2.47. The summed E-state index contributed by atoms with van der Waals surface area (Å²) in [6.45, 7) is 9.81. The van der Waals surface area contributed by atoms with Gasteiger partial charge < -0.3 is 14.4 Å². The lowest BCUT2D eigenvalue weighted by Crippen LogP contribution is -2.56. The van der Waals surface area contributed by atoms with Crippen molar-refractivity contribution in [3.05, 3.63) is 29.8 Å². The standard InChI is InChI=1S/C18H27NO6S/c1-13-6-8-16(9-7-13)26(21,22)23-12-14(2)24-15-10-19(11-15)17(20)25-18(3,4)5/h6-9,14-15H,10-12H2,1-5H3/t14-/m0/s1. The topological polar surface area (TPSA) is 82.1 Å². The molecule has 1 heterocycles. The van der Waals surface area contributed by atoms with Crippen LogP contribution in [0.3, 0.4) is 0 Å². The second-order valence-electron chi connectivity index (χ2n) is 7.51. The van der Waals surface area contributed by atoms with Crippen molar-refractivity contribution in [3.8, 4) is 0 Å². The maximum atomic E-state index is 12.1. The number of hydrogen-bond acceptors (Lipinski definition) is 6. The summed E-state index contributed by atoms with van der Waals surface area (Å²) in [6, 6.07) is 6.47. The molecular weight excluding hydrogens is 358 g/mol. The average molecular weight is 385 g/mol. The molecule has 1 amide bonds. The Morgan fingerprint density at radius 2 is 1.81 bits per heavy atom. The van der Waals surface area contributed by atoms with Crippen LogP contribution in [0.25, 0.3) is 0 Å². The van der Waals surface area contributed by atoms with E-state index in [2.05, 4.69) is 0 Å². The fourth-order valence-corrected chi connectivity index (χ4v) is 3.30. The van der Waals surface area contributed by atoms with E-state index in [1.54, 1.807) is 24.0 Å². The first-order valence-corrected chi connectivity index (χ1v) is 9.96. The molecule has 2 rings (SSSR count). The summed E-state index contributed by atoms with van der Waals surface area (Å²) < 4.78 is 40.3. The Morgan fingerprint density at radius 1 is 1.23 bits per heavy atom. The Kier molecular flexibility index (Phi) is 6.31. The number of aryl methyl sites for hydroxylation is 1. The van der Waals surface area contributed by atoms with Gasteiger partial charge in [0, 0.05) is 0 Å². The van der Waals surface area contributed by atoms with Crippen molar-refractivity contribution in [2.24, 2.45) is 0 Å². The van der Waals surface area contributed by atoms with Gasteiger partial charge in [0.15, 0.2) is 0 Å². The molecule has 0 bridgehead atoms. The number of likely N-dealkylation sites (tertiary alicyclic amines) is 1. The fraction of sp³-hybridized carbons (Fsp3) is 0.611. The van der Waals surface area contributed by atoms with Gasteiger partial charge in [0.05, 0.1) is 36.8 Å². The zero-order valence-corrected chi connectivity index (χ0v) is 16.7. The molecule has 1 atom stereocenters. The van der Waals surface area contributed by atoms with Crippen LogP contribution in [0.15, 0.2) is 29.2 Å². The molecule has 0 aliphatic carbocycles. The first kappa shape index (κ1) is 20.7. The highest BCUT2D eigenvalue weighted by Crippen LogP contribution is 2.19. The van der Waals surface area contributed by atoms with E-state index in [4.69, 9.17) is 13.7 Å². The molecule has 1 saturated heterocycles. The van der Waals surface area contributed by atoms with Gasteiger partial charge in [-0.2, -0.15) is 8.42 Å². The van der Waals surface area contributed by atoms with Crippen LogP contribution in [-0.2, 0) is 23.8 Å². The minimum absolute atomic E-state index is 0.0842. The van der Waals surface area contributed by atoms with Crippen LogP contribution >= 0.6 is 0 Å². The highest BCUT2D eigenvalue weighted by molar-refractivity contribution is 7.86. The maximum absolute atomic E-state index is 12.1. The Hall–Kier alpha value is -1.64. The van der Waals surface area contributed by atoms with Crippen LogP contribution in [-0.4, -0.2) is 56.9 Å². The monoisotopic (exact) mass is 385 g/mol. The van der Waals surface area contributed by atoms with E-state index in [1.807, 2.05) is 27.7 Å². The number of carbonyl (C=O) groups excluding carboxylic acids is 1. The van der Waals surface area contributed by atoms with E-state index >= 15 is 0 Å². The van der Waals surface area contributed by atoms with Crippen molar-refractivity contribution in [3.63, 3.8) is 0 Å². The molecule has 0 radical (unpaired) electrons. The number of amides is 1. The van der Waals surface area contributed by atoms with E-state index in [1.165, 1.54) is 12.1 Å². The van der Waals surface area contributed by atoms with Gasteiger partial charge in [-0.15, -0.1) is 0 Å². The van der Waals surface area contributed by atoms with Gasteiger partial charge in [0.2, 0.25) is 0 Å². The zero-order chi connectivity index (χ0) is 19.5. The summed E-state index contributed by atoms with van der Waals surface area (Å²) in [4.78, 5) is 13.5. The first-order chi connectivity index (χ1) is 12.0. The number of hydrogen-bond donors (Lipinski definition) is 0. The Morgan fingerprint density at radius 3 is 2.35 bits per heavy atom. The molecule has 146 valence electrons. The molecule has 1 aromatic rings. The van der Waals surface area contributed by atoms with E-state index in [9.17, 15) is 13.2 Å². The molecule has 7 nitrogen and oxygen atoms in total. The zero-order valence-electron chi connectivity index (χ0n) is 15.9. The number of ether oxygens (including phenoxy) is 2. The smallest absolute Gasteiger partial charge is 0.410 e. The van der Waals surface area contributed by atoms with Crippen LogP contribution in [0.5, 0.6) is 0 Å². The molecule has 1 aromatic carbocycles. The normalized spacial score (nSPS) is 16.9. The lowest BCUT2D eigenvalue weighted by atomic mass is 10.1. The van der Waals surface area contributed by atoms with Gasteiger partial charge >= 0.3 is 6.09 Å². The van der Waals surface area contributed by atoms with Crippen molar-refractivity contribution >= 4 is 16.2 Å². The minimum atomic E-state index is -3.81. The molecule has 1 aliphatic rings. The van der Waals surface area contributed by atoms with Crippen molar-refractivity contribution in [2.45, 2.75) is 57.3 Å². The Labute approximate surface area is 155 Å². The molecular formula is C18H27NO6S. The molecule has 0 spiro atoms. The summed E-state index contributed by atoms with van der Waals surface area (Å²) in [5.74, 6) is 0. The van der Waals surface area contributed by atoms with Gasteiger partial charge in [-0.3, -0.25) is 4.18 Å². The second kappa shape index (κ2) is 7.94. The third-order valence-corrected chi connectivity index (χ3v) is 4.99. The molecule has 0 saturated carbocycles. The third kappa shape index (κ3) is 5.96. The largest absolute Gasteiger partial charge is 0.444 e. The van der Waals surface area contributed by atoms with Gasteiger partial charge in [-0.1, -0.05) is 17.7 Å². The lowest BCUT2D eigenvalue weighted by Gasteiger charge is -2.40. The van der Waals surface area contributed by atoms with Crippen LogP contribution in [0.4, 0.5) is 4.79 Å². The van der Waals surface area contributed by atoms with Gasteiger partial charge in [-0.05, 0) is 46.8 Å². The van der Waals surface area contributed by atoms with Gasteiger partial charge in [0.1, 0.15) is 5.60 Å². The number of carbonyl (C=O) groups is 1. The minimum Gasteiger partial charge on any atom is -0.444 e.